The number of nitrogens with one attached hydrogen (secondary N) is 1. The van der Waals surface area contributed by atoms with E-state index in [0.29, 0.717) is 28.9 Å². The Balaban J connectivity index is 2.07. The van der Waals surface area contributed by atoms with Gasteiger partial charge in [-0.2, -0.15) is 13.2 Å². The molecule has 0 bridgehead atoms. The molecule has 0 aliphatic carbocycles. The molecule has 0 saturated carbocycles. The summed E-state index contributed by atoms with van der Waals surface area (Å²) in [4.78, 5) is 28.7. The van der Waals surface area contributed by atoms with Crippen LogP contribution in [0.4, 0.5) is 18.9 Å². The molecule has 12 heteroatoms. The van der Waals surface area contributed by atoms with Gasteiger partial charge in [-0.3, -0.25) is 13.9 Å². The van der Waals surface area contributed by atoms with Crippen molar-refractivity contribution in [2.45, 2.75) is 38.5 Å². The maximum absolute atomic E-state index is 14.0. The van der Waals surface area contributed by atoms with Gasteiger partial charge in [0.15, 0.2) is 0 Å². The van der Waals surface area contributed by atoms with Gasteiger partial charge in [-0.05, 0) is 47.9 Å². The number of amides is 2. The molecule has 0 fully saturated rings. The summed E-state index contributed by atoms with van der Waals surface area (Å²) in [7, 11) is -4.20. The van der Waals surface area contributed by atoms with Crippen LogP contribution < -0.4 is 9.62 Å². The molecule has 3 aromatic rings. The predicted molar refractivity (Wildman–Crippen MR) is 156 cm³/mol. The van der Waals surface area contributed by atoms with Gasteiger partial charge in [0.25, 0.3) is 0 Å². The van der Waals surface area contributed by atoms with Crippen LogP contribution in [-0.2, 0) is 38.8 Å². The van der Waals surface area contributed by atoms with Crippen molar-refractivity contribution in [1.82, 2.24) is 10.2 Å². The summed E-state index contributed by atoms with van der Waals surface area (Å²) in [5.41, 5.74) is 0.0733. The highest BCUT2D eigenvalue weighted by Crippen LogP contribution is 2.32. The van der Waals surface area contributed by atoms with Crippen LogP contribution >= 0.6 is 15.9 Å². The molecule has 0 aliphatic rings. The van der Waals surface area contributed by atoms with E-state index in [2.05, 4.69) is 21.2 Å². The zero-order valence-corrected chi connectivity index (χ0v) is 25.0. The largest absolute Gasteiger partial charge is 0.416 e. The lowest BCUT2D eigenvalue weighted by molar-refractivity contribution is -0.140. The second-order valence-corrected chi connectivity index (χ2v) is 12.3. The van der Waals surface area contributed by atoms with Crippen LogP contribution in [0.3, 0.4) is 0 Å². The highest BCUT2D eigenvalue weighted by atomic mass is 79.9. The van der Waals surface area contributed by atoms with Crippen molar-refractivity contribution < 1.29 is 31.2 Å². The molecule has 3 aromatic carbocycles. The molecule has 0 unspecified atom stereocenters. The van der Waals surface area contributed by atoms with Gasteiger partial charge in [-0.15, -0.1) is 0 Å². The first-order valence-electron chi connectivity index (χ1n) is 12.8. The van der Waals surface area contributed by atoms with Crippen molar-refractivity contribution in [3.8, 4) is 0 Å². The Labute approximate surface area is 246 Å². The molecule has 3 rings (SSSR count). The molecule has 1 atom stereocenters. The van der Waals surface area contributed by atoms with Crippen LogP contribution in [-0.4, -0.2) is 50.5 Å². The molecule has 0 spiro atoms. The number of halogens is 4. The maximum atomic E-state index is 14.0. The molecule has 0 radical (unpaired) electrons. The molecule has 0 aliphatic heterocycles. The van der Waals surface area contributed by atoms with Gasteiger partial charge < -0.3 is 10.2 Å². The fourth-order valence-electron chi connectivity index (χ4n) is 4.20. The van der Waals surface area contributed by atoms with Gasteiger partial charge in [0.05, 0.1) is 17.5 Å². The van der Waals surface area contributed by atoms with Gasteiger partial charge in [-0.25, -0.2) is 8.42 Å². The third kappa shape index (κ3) is 9.32. The van der Waals surface area contributed by atoms with E-state index in [1.54, 1.807) is 36.4 Å². The normalized spacial score (nSPS) is 12.4. The van der Waals surface area contributed by atoms with Gasteiger partial charge in [0, 0.05) is 24.0 Å². The van der Waals surface area contributed by atoms with Crippen LogP contribution in [0.15, 0.2) is 83.3 Å². The molecule has 0 heterocycles. The summed E-state index contributed by atoms with van der Waals surface area (Å²) in [6.07, 6.45) is -3.11. The van der Waals surface area contributed by atoms with Crippen LogP contribution in [0.1, 0.15) is 30.0 Å². The zero-order valence-electron chi connectivity index (χ0n) is 22.6. The summed E-state index contributed by atoms with van der Waals surface area (Å²) in [6.45, 7) is 1.40. The van der Waals surface area contributed by atoms with Gasteiger partial charge in [0.1, 0.15) is 12.6 Å². The molecule has 0 aromatic heterocycles. The predicted octanol–water partition coefficient (Wildman–Crippen LogP) is 5.40. The Kier molecular flexibility index (Phi) is 11.0. The average molecular weight is 655 g/mol. The van der Waals surface area contributed by atoms with Crippen LogP contribution in [0, 0.1) is 0 Å². The SMILES string of the molecule is CCCNC(=O)[C@H](Cc1ccccc1)N(Cc1cccc(Br)c1)C(=O)CN(c1cccc(C(F)(F)F)c1)S(C)(=O)=O. The van der Waals surface area contributed by atoms with Crippen molar-refractivity contribution in [2.24, 2.45) is 0 Å². The van der Waals surface area contributed by atoms with Gasteiger partial charge in [-0.1, -0.05) is 71.4 Å². The molecule has 2 amide bonds. The van der Waals surface area contributed by atoms with E-state index in [1.807, 2.05) is 25.1 Å². The maximum Gasteiger partial charge on any atom is 0.416 e. The number of hydrogen-bond donors (Lipinski definition) is 1. The molecule has 220 valence electrons. The number of benzene rings is 3. The second-order valence-electron chi connectivity index (χ2n) is 9.47. The lowest BCUT2D eigenvalue weighted by atomic mass is 10.0. The van der Waals surface area contributed by atoms with E-state index < -0.39 is 46.2 Å². The number of carbonyl (C=O) groups excluding carboxylic acids is 2. The van der Waals surface area contributed by atoms with Gasteiger partial charge in [0.2, 0.25) is 21.8 Å². The first-order valence-corrected chi connectivity index (χ1v) is 15.4. The lowest BCUT2D eigenvalue weighted by Crippen LogP contribution is -2.53. The van der Waals surface area contributed by atoms with Crippen molar-refractivity contribution >= 4 is 43.5 Å². The van der Waals surface area contributed by atoms with E-state index in [-0.39, 0.29) is 18.7 Å². The Bertz CT molecular complexity index is 1450. The number of alkyl halides is 3. The highest BCUT2D eigenvalue weighted by Gasteiger charge is 2.35. The van der Waals surface area contributed by atoms with Gasteiger partial charge >= 0.3 is 6.18 Å². The smallest absolute Gasteiger partial charge is 0.354 e. The number of nitrogens with zero attached hydrogens (tertiary/aromatic N) is 2. The van der Waals surface area contributed by atoms with Crippen molar-refractivity contribution in [3.05, 3.63) is 100 Å². The Hall–Kier alpha value is -3.38. The monoisotopic (exact) mass is 653 g/mol. The van der Waals surface area contributed by atoms with E-state index in [0.717, 1.165) is 28.4 Å². The third-order valence-electron chi connectivity index (χ3n) is 6.20. The molecule has 1 N–H and O–H groups in total. The molecular weight excluding hydrogens is 623 g/mol. The highest BCUT2D eigenvalue weighted by molar-refractivity contribution is 9.10. The molecular formula is C29H31BrF3N3O4S. The quantitative estimate of drug-likeness (QED) is 0.284. The summed E-state index contributed by atoms with van der Waals surface area (Å²) in [6, 6.07) is 18.9. The molecule has 0 saturated heterocycles. The van der Waals surface area contributed by atoms with E-state index in [1.165, 1.54) is 11.0 Å². The molecule has 7 nitrogen and oxygen atoms in total. The standard InChI is InChI=1S/C29H31BrF3N3O4S/c1-3-15-34-28(38)26(17-21-9-5-4-6-10-21)35(19-22-11-7-13-24(30)16-22)27(37)20-36(41(2,39)40)25-14-8-12-23(18-25)29(31,32)33/h4-14,16,18,26H,3,15,17,19-20H2,1-2H3,(H,34,38)/t26-/m0/s1. The first kappa shape index (κ1) is 32.1. The molecule has 41 heavy (non-hydrogen) atoms. The number of sulfonamides is 1. The minimum atomic E-state index is -4.71. The summed E-state index contributed by atoms with van der Waals surface area (Å²) in [5.74, 6) is -1.18. The fourth-order valence-corrected chi connectivity index (χ4v) is 5.49. The Morgan fingerprint density at radius 3 is 2.22 bits per heavy atom. The summed E-state index contributed by atoms with van der Waals surface area (Å²) in [5, 5.41) is 2.83. The van der Waals surface area contributed by atoms with Crippen LogP contribution in [0.2, 0.25) is 0 Å². The second kappa shape index (κ2) is 14.0. The Morgan fingerprint density at radius 1 is 0.951 bits per heavy atom. The topological polar surface area (TPSA) is 86.8 Å². The Morgan fingerprint density at radius 2 is 1.61 bits per heavy atom. The van der Waals surface area contributed by atoms with Crippen LogP contribution in [0.25, 0.3) is 0 Å². The minimum Gasteiger partial charge on any atom is -0.354 e. The van der Waals surface area contributed by atoms with Crippen molar-refractivity contribution in [2.75, 3.05) is 23.7 Å². The number of rotatable bonds is 12. The third-order valence-corrected chi connectivity index (χ3v) is 7.84. The number of hydrogen-bond acceptors (Lipinski definition) is 4. The summed E-state index contributed by atoms with van der Waals surface area (Å²) >= 11 is 3.40. The van der Waals surface area contributed by atoms with Crippen molar-refractivity contribution in [1.29, 1.82) is 0 Å². The summed E-state index contributed by atoms with van der Waals surface area (Å²) < 4.78 is 67.1. The number of carbonyl (C=O) groups is 2. The van der Waals surface area contributed by atoms with E-state index >= 15 is 0 Å². The van der Waals surface area contributed by atoms with Crippen LogP contribution in [0.5, 0.6) is 0 Å². The zero-order chi connectivity index (χ0) is 30.2. The number of anilines is 1. The fraction of sp³-hybridized carbons (Fsp3) is 0.310. The van der Waals surface area contributed by atoms with Crippen molar-refractivity contribution in [3.63, 3.8) is 0 Å². The lowest BCUT2D eigenvalue weighted by Gasteiger charge is -2.33. The minimum absolute atomic E-state index is 0.0461. The first-order chi connectivity index (χ1) is 19.3. The van der Waals surface area contributed by atoms with E-state index in [9.17, 15) is 31.2 Å². The van der Waals surface area contributed by atoms with E-state index in [4.69, 9.17) is 0 Å². The average Bonchev–Trinajstić information content (AvgIpc) is 2.91.